The van der Waals surface area contributed by atoms with Crippen LogP contribution in [0.15, 0.2) is 0 Å². The zero-order valence-electron chi connectivity index (χ0n) is 21.8. The van der Waals surface area contributed by atoms with E-state index in [1.54, 1.807) is 42.7 Å². The Labute approximate surface area is 204 Å². The molecule has 0 aromatic carbocycles. The van der Waals surface area contributed by atoms with Gasteiger partial charge >= 0.3 is 24.0 Å². The summed E-state index contributed by atoms with van der Waals surface area (Å²) < 4.78 is 49.5. The van der Waals surface area contributed by atoms with Gasteiger partial charge in [0, 0.05) is 42.7 Å². The summed E-state index contributed by atoms with van der Waals surface area (Å²) in [5.41, 5.74) is 0. The first kappa shape index (κ1) is 29.6. The minimum Gasteiger partial charge on any atom is -0.382 e. The van der Waals surface area contributed by atoms with Crippen LogP contribution in [0.2, 0.25) is 6.04 Å². The Morgan fingerprint density at radius 2 is 0.939 bits per heavy atom. The number of rotatable bonds is 10. The average Bonchev–Trinajstić information content (AvgIpc) is 2.84. The van der Waals surface area contributed by atoms with Gasteiger partial charge in [0.1, 0.15) is 6.29 Å². The lowest BCUT2D eigenvalue weighted by Gasteiger charge is -2.50. The lowest BCUT2D eigenvalue weighted by molar-refractivity contribution is -0.140. The van der Waals surface area contributed by atoms with Gasteiger partial charge in [0.05, 0.1) is 6.10 Å². The molecule has 2 aliphatic rings. The molecule has 0 aromatic heterocycles. The van der Waals surface area contributed by atoms with E-state index < -0.39 is 24.0 Å². The van der Waals surface area contributed by atoms with Crippen molar-refractivity contribution < 1.29 is 35.7 Å². The smallest absolute Gasteiger partial charge is 0.382 e. The highest BCUT2D eigenvalue weighted by Gasteiger charge is 2.81. The molecule has 0 N–H and O–H groups in total. The molecule has 2 fully saturated rings. The van der Waals surface area contributed by atoms with Crippen molar-refractivity contribution >= 4 is 24.0 Å². The first-order valence-electron chi connectivity index (χ1n) is 12.7. The van der Waals surface area contributed by atoms with Crippen LogP contribution in [-0.2, 0) is 35.7 Å². The van der Waals surface area contributed by atoms with Crippen molar-refractivity contribution in [3.63, 3.8) is 0 Å². The van der Waals surface area contributed by atoms with Gasteiger partial charge in [-0.1, -0.05) is 57.8 Å². The first-order chi connectivity index (χ1) is 16.0. The minimum absolute atomic E-state index is 0.201. The Kier molecular flexibility index (Phi) is 13.2. The minimum atomic E-state index is -3.29. The molecular weight excluding hydrogens is 476 g/mol. The van der Waals surface area contributed by atoms with E-state index in [0.29, 0.717) is 0 Å². The summed E-state index contributed by atoms with van der Waals surface area (Å²) in [5.74, 6) is 0. The van der Waals surface area contributed by atoms with E-state index in [0.717, 1.165) is 31.7 Å². The third-order valence-corrected chi connectivity index (χ3v) is 31.6. The Bertz CT molecular complexity index is 485. The normalized spacial score (nSPS) is 24.7. The molecule has 0 aromatic rings. The van der Waals surface area contributed by atoms with Crippen molar-refractivity contribution in [2.24, 2.45) is 0 Å². The highest BCUT2D eigenvalue weighted by Crippen LogP contribution is 2.42. The van der Waals surface area contributed by atoms with Crippen LogP contribution in [0.1, 0.15) is 83.5 Å². The van der Waals surface area contributed by atoms with Gasteiger partial charge in [0.2, 0.25) is 0 Å². The van der Waals surface area contributed by atoms with Crippen LogP contribution in [0, 0.1) is 0 Å². The molecule has 1 aliphatic carbocycles. The Morgan fingerprint density at radius 3 is 1.33 bits per heavy atom. The zero-order valence-corrected chi connectivity index (χ0v) is 24.8. The van der Waals surface area contributed by atoms with Crippen LogP contribution >= 0.6 is 0 Å². The molecule has 1 atom stereocenters. The van der Waals surface area contributed by atoms with Gasteiger partial charge in [0.15, 0.2) is 0 Å². The van der Waals surface area contributed by atoms with Crippen LogP contribution in [0.4, 0.5) is 0 Å². The van der Waals surface area contributed by atoms with Gasteiger partial charge in [-0.3, -0.25) is 0 Å². The summed E-state index contributed by atoms with van der Waals surface area (Å²) in [7, 11) is 0.00486. The highest BCUT2D eigenvalue weighted by molar-refractivity contribution is 7.60. The zero-order chi connectivity index (χ0) is 24.2. The van der Waals surface area contributed by atoms with Crippen molar-refractivity contribution in [3.05, 3.63) is 0 Å². The molecule has 11 heteroatoms. The predicted octanol–water partition coefficient (Wildman–Crippen LogP) is 4.67. The Morgan fingerprint density at radius 1 is 0.545 bits per heavy atom. The summed E-state index contributed by atoms with van der Waals surface area (Å²) in [6.07, 6.45) is 15.5. The van der Waals surface area contributed by atoms with Crippen LogP contribution in [0.3, 0.4) is 0 Å². The summed E-state index contributed by atoms with van der Waals surface area (Å²) in [6.45, 7) is 0. The van der Waals surface area contributed by atoms with Crippen molar-refractivity contribution in [2.45, 2.75) is 102 Å². The van der Waals surface area contributed by atoms with E-state index in [-0.39, 0.29) is 12.4 Å². The number of hydrogen-bond donors (Lipinski definition) is 0. The van der Waals surface area contributed by atoms with E-state index in [4.69, 9.17) is 35.7 Å². The predicted molar refractivity (Wildman–Crippen MR) is 134 cm³/mol. The van der Waals surface area contributed by atoms with Crippen LogP contribution < -0.4 is 0 Å². The van der Waals surface area contributed by atoms with Crippen LogP contribution in [-0.4, -0.2) is 79.0 Å². The Hall–Kier alpha value is 0.331. The summed E-state index contributed by atoms with van der Waals surface area (Å²) in [5, 5.41) is 0. The number of ether oxygens (including phenoxy) is 1. The maximum Gasteiger partial charge on any atom is 0.508 e. The maximum absolute atomic E-state index is 6.92. The van der Waals surface area contributed by atoms with E-state index >= 15 is 0 Å². The molecular formula is C22H48O8Si3. The third kappa shape index (κ3) is 6.76. The largest absolute Gasteiger partial charge is 0.508 e. The van der Waals surface area contributed by atoms with E-state index in [9.17, 15) is 0 Å². The maximum atomic E-state index is 6.92. The molecule has 1 saturated heterocycles. The fraction of sp³-hybridized carbons (Fsp3) is 1.00. The third-order valence-electron chi connectivity index (χ3n) is 7.30. The molecule has 2 rings (SSSR count). The van der Waals surface area contributed by atoms with Crippen molar-refractivity contribution in [3.8, 4) is 0 Å². The van der Waals surface area contributed by atoms with E-state index in [2.05, 4.69) is 0 Å². The molecule has 0 spiro atoms. The highest BCUT2D eigenvalue weighted by atomic mass is 29.7. The molecule has 1 aliphatic heterocycles. The lowest BCUT2D eigenvalue weighted by Crippen LogP contribution is -2.85. The average molecular weight is 525 g/mol. The van der Waals surface area contributed by atoms with Gasteiger partial charge in [0.25, 0.3) is 0 Å². The van der Waals surface area contributed by atoms with E-state index in [1.165, 1.54) is 57.8 Å². The SMILES string of the molecule is CO[Si](OC)(OC)[Si]1([Si](OC)(OC)OC)CCCC(OC2CCCCCCCCCCC2)O1. The Balaban J connectivity index is 2.26. The van der Waals surface area contributed by atoms with Crippen molar-refractivity contribution in [1.29, 1.82) is 0 Å². The molecule has 0 radical (unpaired) electrons. The fourth-order valence-corrected chi connectivity index (χ4v) is 31.8. The lowest BCUT2D eigenvalue weighted by atomic mass is 9.99. The van der Waals surface area contributed by atoms with Gasteiger partial charge in [-0.25, -0.2) is 0 Å². The van der Waals surface area contributed by atoms with Crippen LogP contribution in [0.5, 0.6) is 0 Å². The summed E-state index contributed by atoms with van der Waals surface area (Å²) in [4.78, 5) is 0. The molecule has 1 heterocycles. The van der Waals surface area contributed by atoms with Gasteiger partial charge in [-0.2, -0.15) is 0 Å². The van der Waals surface area contributed by atoms with Crippen molar-refractivity contribution in [1.82, 2.24) is 0 Å². The molecule has 1 saturated carbocycles. The second-order valence-corrected chi connectivity index (χ2v) is 26.2. The molecule has 8 nitrogen and oxygen atoms in total. The van der Waals surface area contributed by atoms with Crippen LogP contribution in [0.25, 0.3) is 0 Å². The second-order valence-electron chi connectivity index (χ2n) is 9.12. The quantitative estimate of drug-likeness (QED) is 0.382. The summed E-state index contributed by atoms with van der Waals surface area (Å²) >= 11 is 0. The van der Waals surface area contributed by atoms with Crippen molar-refractivity contribution in [2.75, 3.05) is 42.7 Å². The molecule has 33 heavy (non-hydrogen) atoms. The molecule has 0 amide bonds. The molecule has 0 bridgehead atoms. The van der Waals surface area contributed by atoms with Gasteiger partial charge in [-0.05, 0) is 31.7 Å². The standard InChI is InChI=1S/C22H48O8Si3/c1-23-32(24-2,25-3)31(33(26-4,27-5)28-6)20-16-19-22(30-31)29-21-17-14-12-10-8-7-9-11-13-15-18-21/h21-22H,7-20H2,1-6H3. The monoisotopic (exact) mass is 524 g/mol. The topological polar surface area (TPSA) is 73.8 Å². The van der Waals surface area contributed by atoms with Gasteiger partial charge < -0.3 is 35.7 Å². The first-order valence-corrected chi connectivity index (χ1v) is 20.2. The molecule has 196 valence electrons. The fourth-order valence-electron chi connectivity index (χ4n) is 5.56. The summed E-state index contributed by atoms with van der Waals surface area (Å²) in [6, 6.07) is 0.723. The second kappa shape index (κ2) is 14.8. The van der Waals surface area contributed by atoms with Gasteiger partial charge in [-0.15, -0.1) is 0 Å². The number of hydrogen-bond acceptors (Lipinski definition) is 8. The van der Waals surface area contributed by atoms with E-state index in [1.807, 2.05) is 0 Å². The molecule has 1 unspecified atom stereocenters.